The Hall–Kier alpha value is -2.86. The number of amides is 2. The quantitative estimate of drug-likeness (QED) is 0.772. The predicted molar refractivity (Wildman–Crippen MR) is 88.7 cm³/mol. The number of benzene rings is 1. The number of nitrogens with one attached hydrogen (secondary N) is 2. The van der Waals surface area contributed by atoms with Gasteiger partial charge in [-0.2, -0.15) is 0 Å². The van der Waals surface area contributed by atoms with Crippen molar-refractivity contribution in [3.8, 4) is 5.82 Å². The van der Waals surface area contributed by atoms with Crippen molar-refractivity contribution < 1.29 is 4.79 Å². The van der Waals surface area contributed by atoms with E-state index in [-0.39, 0.29) is 6.03 Å². The molecule has 0 saturated carbocycles. The highest BCUT2D eigenvalue weighted by Crippen LogP contribution is 2.14. The SMILES string of the molecule is O=C(NCc1ccc(-n2ccnc2)nc1)Nc1cccc(Cl)c1. The van der Waals surface area contributed by atoms with Gasteiger partial charge in [-0.05, 0) is 29.8 Å². The number of urea groups is 1. The van der Waals surface area contributed by atoms with E-state index in [9.17, 15) is 4.79 Å². The Bertz CT molecular complexity index is 786. The Morgan fingerprint density at radius 1 is 1.26 bits per heavy atom. The van der Waals surface area contributed by atoms with Crippen LogP contribution in [0.2, 0.25) is 5.02 Å². The van der Waals surface area contributed by atoms with E-state index >= 15 is 0 Å². The van der Waals surface area contributed by atoms with Crippen molar-refractivity contribution in [1.82, 2.24) is 19.9 Å². The lowest BCUT2D eigenvalue weighted by Gasteiger charge is -2.08. The first-order valence-electron chi connectivity index (χ1n) is 6.94. The Morgan fingerprint density at radius 3 is 2.87 bits per heavy atom. The summed E-state index contributed by atoms with van der Waals surface area (Å²) in [6, 6.07) is 10.4. The molecule has 0 unspecified atom stereocenters. The molecule has 0 fully saturated rings. The molecule has 23 heavy (non-hydrogen) atoms. The highest BCUT2D eigenvalue weighted by molar-refractivity contribution is 6.30. The van der Waals surface area contributed by atoms with Crippen molar-refractivity contribution in [2.45, 2.75) is 6.54 Å². The maximum absolute atomic E-state index is 11.9. The van der Waals surface area contributed by atoms with E-state index in [2.05, 4.69) is 20.6 Å². The molecule has 2 aromatic heterocycles. The molecule has 0 atom stereocenters. The lowest BCUT2D eigenvalue weighted by Crippen LogP contribution is -2.28. The normalized spacial score (nSPS) is 10.3. The van der Waals surface area contributed by atoms with Crippen LogP contribution in [-0.4, -0.2) is 20.6 Å². The Labute approximate surface area is 138 Å². The monoisotopic (exact) mass is 327 g/mol. The minimum Gasteiger partial charge on any atom is -0.334 e. The maximum Gasteiger partial charge on any atom is 0.319 e. The number of nitrogens with zero attached hydrogens (tertiary/aromatic N) is 3. The number of rotatable bonds is 4. The number of carbonyl (C=O) groups is 1. The molecular formula is C16H14ClN5O. The first-order valence-corrected chi connectivity index (χ1v) is 7.32. The zero-order chi connectivity index (χ0) is 16.1. The van der Waals surface area contributed by atoms with E-state index in [1.165, 1.54) is 0 Å². The number of hydrogen-bond donors (Lipinski definition) is 2. The van der Waals surface area contributed by atoms with E-state index in [0.717, 1.165) is 11.4 Å². The molecule has 3 rings (SSSR count). The van der Waals surface area contributed by atoms with Crippen LogP contribution in [-0.2, 0) is 6.54 Å². The molecule has 0 saturated heterocycles. The van der Waals surface area contributed by atoms with Crippen LogP contribution in [0.15, 0.2) is 61.3 Å². The molecule has 116 valence electrons. The average molecular weight is 328 g/mol. The second-order valence-corrected chi connectivity index (χ2v) is 5.25. The van der Waals surface area contributed by atoms with Gasteiger partial charge in [0.1, 0.15) is 12.1 Å². The van der Waals surface area contributed by atoms with E-state index < -0.39 is 0 Å². The zero-order valence-electron chi connectivity index (χ0n) is 12.1. The highest BCUT2D eigenvalue weighted by atomic mass is 35.5. The largest absolute Gasteiger partial charge is 0.334 e. The number of carbonyl (C=O) groups excluding carboxylic acids is 1. The van der Waals surface area contributed by atoms with Crippen LogP contribution >= 0.6 is 11.6 Å². The molecule has 0 spiro atoms. The fourth-order valence-electron chi connectivity index (χ4n) is 1.99. The predicted octanol–water partition coefficient (Wildman–Crippen LogP) is 3.24. The van der Waals surface area contributed by atoms with Crippen LogP contribution in [0.25, 0.3) is 5.82 Å². The molecule has 3 aromatic rings. The minimum absolute atomic E-state index is 0.300. The first kappa shape index (κ1) is 15.1. The topological polar surface area (TPSA) is 71.8 Å². The number of imidazole rings is 1. The van der Waals surface area contributed by atoms with Gasteiger partial charge in [0, 0.05) is 35.8 Å². The third kappa shape index (κ3) is 4.08. The summed E-state index contributed by atoms with van der Waals surface area (Å²) >= 11 is 5.87. The van der Waals surface area contributed by atoms with Crippen LogP contribution in [0.4, 0.5) is 10.5 Å². The first-order chi connectivity index (χ1) is 11.2. The van der Waals surface area contributed by atoms with Crippen LogP contribution in [0, 0.1) is 0 Å². The van der Waals surface area contributed by atoms with Crippen molar-refractivity contribution in [2.75, 3.05) is 5.32 Å². The molecule has 6 nitrogen and oxygen atoms in total. The molecule has 0 bridgehead atoms. The van der Waals surface area contributed by atoms with Crippen molar-refractivity contribution in [3.63, 3.8) is 0 Å². The van der Waals surface area contributed by atoms with Crippen molar-refractivity contribution in [2.24, 2.45) is 0 Å². The van der Waals surface area contributed by atoms with Gasteiger partial charge in [-0.1, -0.05) is 23.7 Å². The number of pyridine rings is 1. The molecule has 2 N–H and O–H groups in total. The fourth-order valence-corrected chi connectivity index (χ4v) is 2.18. The summed E-state index contributed by atoms with van der Waals surface area (Å²) in [5, 5.41) is 6.06. The minimum atomic E-state index is -0.300. The molecule has 2 amide bonds. The average Bonchev–Trinajstić information content (AvgIpc) is 3.08. The van der Waals surface area contributed by atoms with E-state index in [1.54, 1.807) is 43.0 Å². The maximum atomic E-state index is 11.9. The van der Waals surface area contributed by atoms with Crippen LogP contribution in [0.1, 0.15) is 5.56 Å². The van der Waals surface area contributed by atoms with Crippen LogP contribution in [0.3, 0.4) is 0 Å². The third-order valence-corrected chi connectivity index (χ3v) is 3.35. The zero-order valence-corrected chi connectivity index (χ0v) is 12.9. The molecular weight excluding hydrogens is 314 g/mol. The van der Waals surface area contributed by atoms with Gasteiger partial charge in [0.2, 0.25) is 0 Å². The Balaban J connectivity index is 1.54. The van der Waals surface area contributed by atoms with Crippen LogP contribution in [0.5, 0.6) is 0 Å². The van der Waals surface area contributed by atoms with Gasteiger partial charge in [0.15, 0.2) is 0 Å². The highest BCUT2D eigenvalue weighted by Gasteiger charge is 2.03. The molecule has 7 heteroatoms. The van der Waals surface area contributed by atoms with E-state index in [4.69, 9.17) is 11.6 Å². The fraction of sp³-hybridized carbons (Fsp3) is 0.0625. The van der Waals surface area contributed by atoms with Gasteiger partial charge in [0.05, 0.1) is 0 Å². The molecule has 0 aliphatic heterocycles. The molecule has 0 aliphatic rings. The summed E-state index contributed by atoms with van der Waals surface area (Å²) in [7, 11) is 0. The number of halogens is 1. The van der Waals surface area contributed by atoms with Gasteiger partial charge in [-0.25, -0.2) is 14.8 Å². The standard InChI is InChI=1S/C16H14ClN5O/c17-13-2-1-3-14(8-13)21-16(23)20-10-12-4-5-15(19-9-12)22-7-6-18-11-22/h1-9,11H,10H2,(H2,20,21,23). The van der Waals surface area contributed by atoms with E-state index in [0.29, 0.717) is 17.3 Å². The third-order valence-electron chi connectivity index (χ3n) is 3.11. The van der Waals surface area contributed by atoms with Crippen molar-refractivity contribution >= 4 is 23.3 Å². The molecule has 0 radical (unpaired) electrons. The van der Waals surface area contributed by atoms with Crippen LogP contribution < -0.4 is 10.6 Å². The number of hydrogen-bond acceptors (Lipinski definition) is 3. The van der Waals surface area contributed by atoms with Crippen molar-refractivity contribution in [3.05, 3.63) is 71.9 Å². The van der Waals surface area contributed by atoms with Gasteiger partial charge in [-0.3, -0.25) is 4.57 Å². The summed E-state index contributed by atoms with van der Waals surface area (Å²) in [6.45, 7) is 0.379. The number of aromatic nitrogens is 3. The lowest BCUT2D eigenvalue weighted by atomic mass is 10.3. The van der Waals surface area contributed by atoms with Gasteiger partial charge >= 0.3 is 6.03 Å². The second kappa shape index (κ2) is 6.93. The summed E-state index contributed by atoms with van der Waals surface area (Å²) < 4.78 is 1.81. The Kier molecular flexibility index (Phi) is 4.54. The molecule has 2 heterocycles. The lowest BCUT2D eigenvalue weighted by molar-refractivity contribution is 0.251. The second-order valence-electron chi connectivity index (χ2n) is 4.81. The summed E-state index contributed by atoms with van der Waals surface area (Å²) in [5.74, 6) is 0.773. The summed E-state index contributed by atoms with van der Waals surface area (Å²) in [5.41, 5.74) is 1.54. The summed E-state index contributed by atoms with van der Waals surface area (Å²) in [4.78, 5) is 20.2. The van der Waals surface area contributed by atoms with E-state index in [1.807, 2.05) is 22.9 Å². The Morgan fingerprint density at radius 2 is 2.17 bits per heavy atom. The molecule has 0 aliphatic carbocycles. The number of anilines is 1. The van der Waals surface area contributed by atoms with Gasteiger partial charge in [0.25, 0.3) is 0 Å². The smallest absolute Gasteiger partial charge is 0.319 e. The molecule has 1 aromatic carbocycles. The van der Waals surface area contributed by atoms with Gasteiger partial charge in [-0.15, -0.1) is 0 Å². The summed E-state index contributed by atoms with van der Waals surface area (Å²) in [6.07, 6.45) is 6.91. The van der Waals surface area contributed by atoms with Gasteiger partial charge < -0.3 is 10.6 Å². The van der Waals surface area contributed by atoms with Crippen molar-refractivity contribution in [1.29, 1.82) is 0 Å².